The van der Waals surface area contributed by atoms with Gasteiger partial charge in [0.15, 0.2) is 12.2 Å². The fourth-order valence-electron chi connectivity index (χ4n) is 3.62. The predicted octanol–water partition coefficient (Wildman–Crippen LogP) is 1.19. The maximum Gasteiger partial charge on any atom is 0.414 e. The molecule has 2 atom stereocenters. The van der Waals surface area contributed by atoms with Crippen molar-refractivity contribution >= 4 is 35.0 Å². The molecule has 1 fully saturated rings. The van der Waals surface area contributed by atoms with E-state index >= 15 is 0 Å². The molecule has 4 rings (SSSR count). The third-order valence-corrected chi connectivity index (χ3v) is 5.73. The number of cyclic esters (lactones) is 1. The summed E-state index contributed by atoms with van der Waals surface area (Å²) in [6.07, 6.45) is 0.154. The van der Waals surface area contributed by atoms with E-state index in [1.54, 1.807) is 0 Å². The fraction of sp³-hybridized carbons (Fsp3) is 0.400. The number of halogens is 2. The summed E-state index contributed by atoms with van der Waals surface area (Å²) in [5.41, 5.74) is 0.138. The Morgan fingerprint density at radius 3 is 2.73 bits per heavy atom. The number of ether oxygens (including phenoxy) is 2. The molecule has 1 saturated heterocycles. The molecule has 13 heteroatoms. The van der Waals surface area contributed by atoms with E-state index in [1.807, 2.05) is 0 Å². The van der Waals surface area contributed by atoms with Gasteiger partial charge in [0.25, 0.3) is 5.91 Å². The van der Waals surface area contributed by atoms with Crippen LogP contribution < -0.4 is 9.64 Å². The van der Waals surface area contributed by atoms with Gasteiger partial charge in [0.2, 0.25) is 5.88 Å². The number of amides is 2. The van der Waals surface area contributed by atoms with Crippen molar-refractivity contribution in [2.75, 3.05) is 37.7 Å². The molecule has 33 heavy (non-hydrogen) atoms. The van der Waals surface area contributed by atoms with Gasteiger partial charge in [0, 0.05) is 18.7 Å². The first-order valence-electron chi connectivity index (χ1n) is 10.0. The molecule has 10 nitrogen and oxygen atoms in total. The van der Waals surface area contributed by atoms with E-state index in [0.717, 1.165) is 28.8 Å². The molecule has 2 amide bonds. The second kappa shape index (κ2) is 9.77. The number of nitrogens with zero attached hydrogens (tertiary/aromatic N) is 4. The van der Waals surface area contributed by atoms with Crippen LogP contribution in [0.3, 0.4) is 0 Å². The van der Waals surface area contributed by atoms with Gasteiger partial charge < -0.3 is 24.6 Å². The third kappa shape index (κ3) is 4.94. The van der Waals surface area contributed by atoms with E-state index in [2.05, 4.69) is 8.75 Å². The molecule has 2 N–H and O–H groups in total. The van der Waals surface area contributed by atoms with Crippen LogP contribution >= 0.6 is 11.7 Å². The molecule has 0 aliphatic carbocycles. The number of carbonyl (C=O) groups excluding carboxylic acids is 2. The van der Waals surface area contributed by atoms with Crippen molar-refractivity contribution in [2.45, 2.75) is 18.6 Å². The average Bonchev–Trinajstić information content (AvgIpc) is 3.46. The normalized spacial score (nSPS) is 19.3. The van der Waals surface area contributed by atoms with Crippen molar-refractivity contribution in [1.29, 1.82) is 0 Å². The largest absolute Gasteiger partial charge is 0.472 e. The molecule has 1 aromatic carbocycles. The summed E-state index contributed by atoms with van der Waals surface area (Å²) in [7, 11) is 0. The van der Waals surface area contributed by atoms with E-state index in [0.29, 0.717) is 11.5 Å². The van der Waals surface area contributed by atoms with Gasteiger partial charge in [0.05, 0.1) is 30.6 Å². The molecule has 0 unspecified atom stereocenters. The topological polar surface area (TPSA) is 125 Å². The van der Waals surface area contributed by atoms with Gasteiger partial charge in [-0.05, 0) is 24.1 Å². The van der Waals surface area contributed by atoms with Gasteiger partial charge in [-0.15, -0.1) is 4.37 Å². The Morgan fingerprint density at radius 1 is 1.36 bits per heavy atom. The van der Waals surface area contributed by atoms with Crippen LogP contribution in [0.4, 0.5) is 19.3 Å². The summed E-state index contributed by atoms with van der Waals surface area (Å²) in [4.78, 5) is 26.6. The molecule has 2 aliphatic rings. The van der Waals surface area contributed by atoms with Crippen molar-refractivity contribution in [3.63, 3.8) is 0 Å². The van der Waals surface area contributed by atoms with Crippen molar-refractivity contribution in [3.8, 4) is 5.88 Å². The summed E-state index contributed by atoms with van der Waals surface area (Å²) in [5, 5.41) is 18.4. The molecule has 2 aromatic rings. The lowest BCUT2D eigenvalue weighted by atomic mass is 9.97. The second-order valence-corrected chi connectivity index (χ2v) is 7.98. The van der Waals surface area contributed by atoms with Gasteiger partial charge >= 0.3 is 6.09 Å². The van der Waals surface area contributed by atoms with Crippen LogP contribution in [0.15, 0.2) is 24.4 Å². The molecule has 0 radical (unpaired) electrons. The van der Waals surface area contributed by atoms with Crippen molar-refractivity contribution in [1.82, 2.24) is 13.6 Å². The summed E-state index contributed by atoms with van der Waals surface area (Å²) >= 11 is 0.968. The highest BCUT2D eigenvalue weighted by atomic mass is 32.1. The zero-order valence-corrected chi connectivity index (χ0v) is 18.0. The number of benzene rings is 1. The summed E-state index contributed by atoms with van der Waals surface area (Å²) in [6.45, 7) is -0.465. The van der Waals surface area contributed by atoms with Crippen LogP contribution in [0.5, 0.6) is 5.88 Å². The van der Waals surface area contributed by atoms with Crippen LogP contribution in [0, 0.1) is 11.6 Å². The number of aromatic nitrogens is 2. The predicted molar refractivity (Wildman–Crippen MR) is 112 cm³/mol. The smallest absolute Gasteiger partial charge is 0.414 e. The van der Waals surface area contributed by atoms with Crippen molar-refractivity contribution in [2.24, 2.45) is 0 Å². The highest BCUT2D eigenvalue weighted by molar-refractivity contribution is 6.99. The highest BCUT2D eigenvalue weighted by Gasteiger charge is 2.34. The molecule has 0 saturated carbocycles. The second-order valence-electron chi connectivity index (χ2n) is 7.42. The molecule has 2 aliphatic heterocycles. The first-order valence-corrected chi connectivity index (χ1v) is 10.7. The van der Waals surface area contributed by atoms with Gasteiger partial charge in [-0.1, -0.05) is 6.08 Å². The van der Waals surface area contributed by atoms with E-state index in [1.165, 1.54) is 17.2 Å². The van der Waals surface area contributed by atoms with Crippen LogP contribution in [0.1, 0.15) is 12.0 Å². The van der Waals surface area contributed by atoms with Crippen LogP contribution in [0.2, 0.25) is 0 Å². The minimum Gasteiger partial charge on any atom is -0.472 e. The highest BCUT2D eigenvalue weighted by Crippen LogP contribution is 2.32. The van der Waals surface area contributed by atoms with Gasteiger partial charge in [0.1, 0.15) is 24.4 Å². The van der Waals surface area contributed by atoms with Crippen LogP contribution in [-0.4, -0.2) is 80.9 Å². The number of aliphatic hydroxyl groups is 2. The van der Waals surface area contributed by atoms with Crippen LogP contribution in [0.25, 0.3) is 5.57 Å². The number of aliphatic hydroxyl groups excluding tert-OH is 2. The molecule has 3 heterocycles. The fourth-order valence-corrected chi connectivity index (χ4v) is 3.99. The Bertz CT molecular complexity index is 1040. The van der Waals surface area contributed by atoms with Crippen molar-refractivity contribution in [3.05, 3.63) is 41.6 Å². The van der Waals surface area contributed by atoms with Gasteiger partial charge in [-0.3, -0.25) is 9.69 Å². The van der Waals surface area contributed by atoms with E-state index in [-0.39, 0.29) is 43.9 Å². The maximum absolute atomic E-state index is 14.9. The number of hydrogen-bond donors (Lipinski definition) is 2. The zero-order chi connectivity index (χ0) is 23.5. The van der Waals surface area contributed by atoms with Gasteiger partial charge in [-0.25, -0.2) is 13.6 Å². The number of carbonyl (C=O) groups is 2. The summed E-state index contributed by atoms with van der Waals surface area (Å²) in [5.74, 6) is -2.07. The minimum absolute atomic E-state index is 0.0101. The standard InChI is InChI=1S/C20H20F2N4O6S/c21-14-5-12(26-8-13(32-20(26)30)10-31-17-7-23-33-24-17)6-15(22)18(14)11-1-3-25(4-2-11)19(29)16(28)9-27/h1,5-7,13,16,27-28H,2-4,8-10H2/t13-,16+/m1/s1. The maximum atomic E-state index is 14.9. The molecular weight excluding hydrogens is 462 g/mol. The van der Waals surface area contributed by atoms with E-state index in [9.17, 15) is 23.5 Å². The average molecular weight is 482 g/mol. The Hall–Kier alpha value is -3.16. The SMILES string of the molecule is O=C([C@@H](O)CO)N1CC=C(c2c(F)cc(N3C[C@H](COc4cnsn4)OC3=O)cc2F)CC1. The summed E-state index contributed by atoms with van der Waals surface area (Å²) < 4.78 is 48.0. The lowest BCUT2D eigenvalue weighted by Gasteiger charge is -2.28. The third-order valence-electron chi connectivity index (χ3n) is 5.27. The molecule has 0 bridgehead atoms. The van der Waals surface area contributed by atoms with Crippen molar-refractivity contribution < 1.29 is 38.1 Å². The Labute approximate surface area is 191 Å². The number of hydrogen-bond acceptors (Lipinski definition) is 9. The monoisotopic (exact) mass is 482 g/mol. The minimum atomic E-state index is -1.53. The van der Waals surface area contributed by atoms with Crippen LogP contribution in [-0.2, 0) is 9.53 Å². The molecular formula is C20H20F2N4O6S. The quantitative estimate of drug-likeness (QED) is 0.603. The lowest BCUT2D eigenvalue weighted by molar-refractivity contribution is -0.141. The first-order chi connectivity index (χ1) is 15.9. The number of anilines is 1. The van der Waals surface area contributed by atoms with E-state index < -0.39 is 42.4 Å². The Kier molecular flexibility index (Phi) is 6.81. The Balaban J connectivity index is 1.45. The van der Waals surface area contributed by atoms with Gasteiger partial charge in [-0.2, -0.15) is 4.37 Å². The molecule has 0 spiro atoms. The zero-order valence-electron chi connectivity index (χ0n) is 17.2. The summed E-state index contributed by atoms with van der Waals surface area (Å²) in [6, 6.07) is 2.11. The first kappa shape index (κ1) is 23.0. The molecule has 1 aromatic heterocycles. The molecule has 176 valence electrons. The van der Waals surface area contributed by atoms with E-state index in [4.69, 9.17) is 14.6 Å². The number of rotatable bonds is 7. The Morgan fingerprint density at radius 2 is 2.12 bits per heavy atom. The lowest BCUT2D eigenvalue weighted by Crippen LogP contribution is -2.42.